The summed E-state index contributed by atoms with van der Waals surface area (Å²) in [6.07, 6.45) is 0. The van der Waals surface area contributed by atoms with Gasteiger partial charge in [-0.1, -0.05) is 23.4 Å². The van der Waals surface area contributed by atoms with Crippen LogP contribution in [0.5, 0.6) is 0 Å². The van der Waals surface area contributed by atoms with Crippen molar-refractivity contribution in [1.29, 1.82) is 0 Å². The Morgan fingerprint density at radius 3 is 2.96 bits per heavy atom. The maximum absolute atomic E-state index is 12.1. The Kier molecular flexibility index (Phi) is 5.57. The van der Waals surface area contributed by atoms with Crippen LogP contribution in [-0.2, 0) is 14.6 Å². The first-order valence-corrected chi connectivity index (χ1v) is 10.7. The lowest BCUT2D eigenvalue weighted by molar-refractivity contribution is 0.0937. The van der Waals surface area contributed by atoms with Crippen molar-refractivity contribution < 1.29 is 17.9 Å². The summed E-state index contributed by atoms with van der Waals surface area (Å²) in [5.74, 6) is 0.0128. The Morgan fingerprint density at radius 2 is 2.24 bits per heavy atom. The van der Waals surface area contributed by atoms with E-state index in [1.54, 1.807) is 25.3 Å². The minimum atomic E-state index is -2.98. The molecule has 0 aliphatic carbocycles. The highest BCUT2D eigenvalue weighted by Crippen LogP contribution is 2.35. The molecule has 0 saturated carbocycles. The number of ether oxygens (including phenoxy) is 1. The molecule has 2 atom stereocenters. The summed E-state index contributed by atoms with van der Waals surface area (Å²) >= 11 is 7.60. The molecular weight excluding hydrogens is 386 g/mol. The summed E-state index contributed by atoms with van der Waals surface area (Å²) in [7, 11) is -1.42. The third kappa shape index (κ3) is 4.46. The number of carbonyl (C=O) groups excluding carboxylic acids is 1. The number of aliphatic imine (C=N–C) groups is 1. The van der Waals surface area contributed by atoms with Gasteiger partial charge < -0.3 is 15.4 Å². The number of fused-ring (bicyclic) bond motifs is 1. The summed E-state index contributed by atoms with van der Waals surface area (Å²) in [5, 5.41) is 6.89. The third-order valence-corrected chi connectivity index (χ3v) is 7.35. The fourth-order valence-corrected chi connectivity index (χ4v) is 6.50. The second kappa shape index (κ2) is 7.53. The molecule has 2 aliphatic heterocycles. The van der Waals surface area contributed by atoms with Crippen LogP contribution in [0.1, 0.15) is 10.4 Å². The summed E-state index contributed by atoms with van der Waals surface area (Å²) < 4.78 is 28.1. The first-order valence-electron chi connectivity index (χ1n) is 7.66. The van der Waals surface area contributed by atoms with Gasteiger partial charge in [0.1, 0.15) is 0 Å². The highest BCUT2D eigenvalue weighted by atomic mass is 35.5. The number of hydrogen-bond acceptors (Lipinski definition) is 7. The van der Waals surface area contributed by atoms with Gasteiger partial charge in [-0.05, 0) is 18.2 Å². The molecule has 10 heteroatoms. The van der Waals surface area contributed by atoms with Crippen LogP contribution in [0.25, 0.3) is 0 Å². The number of carbonyl (C=O) groups is 1. The number of nitrogens with zero attached hydrogens (tertiary/aromatic N) is 1. The fourth-order valence-electron chi connectivity index (χ4n) is 2.66. The van der Waals surface area contributed by atoms with Crippen LogP contribution >= 0.6 is 23.4 Å². The Balaban J connectivity index is 1.69. The molecule has 1 saturated heterocycles. The van der Waals surface area contributed by atoms with Crippen molar-refractivity contribution in [2.75, 3.05) is 37.1 Å². The minimum Gasteiger partial charge on any atom is -0.383 e. The fraction of sp³-hybridized carbons (Fsp3) is 0.467. The van der Waals surface area contributed by atoms with Crippen molar-refractivity contribution in [3.8, 4) is 0 Å². The maximum Gasteiger partial charge on any atom is 0.251 e. The SMILES string of the molecule is COCCNC(=O)c1ccc(Cl)c(NC2=NC3CS(=O)(=O)CC3S2)c1. The number of rotatable bonds is 5. The van der Waals surface area contributed by atoms with Crippen LogP contribution < -0.4 is 10.6 Å². The minimum absolute atomic E-state index is 0.0493. The number of nitrogens with one attached hydrogen (secondary N) is 2. The summed E-state index contributed by atoms with van der Waals surface area (Å²) in [5.41, 5.74) is 1.03. The maximum atomic E-state index is 12.1. The second-order valence-electron chi connectivity index (χ2n) is 5.80. The molecule has 0 spiro atoms. The molecule has 136 valence electrons. The van der Waals surface area contributed by atoms with Gasteiger partial charge in [0.25, 0.3) is 5.91 Å². The van der Waals surface area contributed by atoms with E-state index >= 15 is 0 Å². The van der Waals surface area contributed by atoms with E-state index in [9.17, 15) is 13.2 Å². The lowest BCUT2D eigenvalue weighted by Crippen LogP contribution is -2.27. The van der Waals surface area contributed by atoms with Crippen molar-refractivity contribution in [3.63, 3.8) is 0 Å². The molecule has 2 N–H and O–H groups in total. The number of hydrogen-bond donors (Lipinski definition) is 2. The van der Waals surface area contributed by atoms with Gasteiger partial charge in [0.2, 0.25) is 0 Å². The standard InChI is InChI=1S/C15H18ClN3O4S2/c1-23-5-4-17-14(20)9-2-3-10(16)11(6-9)18-15-19-12-7-25(21,22)8-13(12)24-15/h2-3,6,12-13H,4-5,7-8H2,1H3,(H,17,20)(H,18,19). The van der Waals surface area contributed by atoms with Crippen molar-refractivity contribution in [2.45, 2.75) is 11.3 Å². The lowest BCUT2D eigenvalue weighted by Gasteiger charge is -2.11. The van der Waals surface area contributed by atoms with E-state index in [0.29, 0.717) is 34.6 Å². The van der Waals surface area contributed by atoms with Crippen LogP contribution in [0.3, 0.4) is 0 Å². The number of amidine groups is 1. The Labute approximate surface area is 155 Å². The van der Waals surface area contributed by atoms with Gasteiger partial charge >= 0.3 is 0 Å². The van der Waals surface area contributed by atoms with Gasteiger partial charge in [-0.25, -0.2) is 8.42 Å². The van der Waals surface area contributed by atoms with E-state index in [1.807, 2.05) is 0 Å². The molecule has 2 aliphatic rings. The molecule has 1 amide bonds. The van der Waals surface area contributed by atoms with E-state index in [-0.39, 0.29) is 28.7 Å². The molecule has 25 heavy (non-hydrogen) atoms. The first-order chi connectivity index (χ1) is 11.9. The number of amides is 1. The number of methoxy groups -OCH3 is 1. The molecule has 7 nitrogen and oxygen atoms in total. The van der Waals surface area contributed by atoms with E-state index in [1.165, 1.54) is 11.8 Å². The monoisotopic (exact) mass is 403 g/mol. The predicted molar refractivity (Wildman–Crippen MR) is 101 cm³/mol. The lowest BCUT2D eigenvalue weighted by atomic mass is 10.2. The van der Waals surface area contributed by atoms with Crippen molar-refractivity contribution >= 4 is 50.0 Å². The molecule has 3 rings (SSSR count). The largest absolute Gasteiger partial charge is 0.383 e. The Hall–Kier alpha value is -1.29. The highest BCUT2D eigenvalue weighted by molar-refractivity contribution is 8.15. The van der Waals surface area contributed by atoms with Crippen molar-refractivity contribution in [3.05, 3.63) is 28.8 Å². The normalized spacial score (nSPS) is 23.8. The highest BCUT2D eigenvalue weighted by Gasteiger charge is 2.42. The molecule has 0 radical (unpaired) electrons. The van der Waals surface area contributed by atoms with Crippen molar-refractivity contribution in [2.24, 2.45) is 4.99 Å². The van der Waals surface area contributed by atoms with Gasteiger partial charge in [-0.3, -0.25) is 9.79 Å². The van der Waals surface area contributed by atoms with Gasteiger partial charge in [0, 0.05) is 24.5 Å². The molecule has 2 unspecified atom stereocenters. The van der Waals surface area contributed by atoms with E-state index in [2.05, 4.69) is 15.6 Å². The number of anilines is 1. The van der Waals surface area contributed by atoms with Gasteiger partial charge in [-0.2, -0.15) is 0 Å². The predicted octanol–water partition coefficient (Wildman–Crippen LogP) is 1.40. The average molecular weight is 404 g/mol. The van der Waals surface area contributed by atoms with E-state index in [0.717, 1.165) is 0 Å². The molecule has 1 aromatic carbocycles. The van der Waals surface area contributed by atoms with Crippen LogP contribution in [0, 0.1) is 0 Å². The molecule has 2 heterocycles. The second-order valence-corrected chi connectivity index (χ2v) is 9.59. The number of benzene rings is 1. The zero-order valence-corrected chi connectivity index (χ0v) is 15.9. The van der Waals surface area contributed by atoms with Crippen LogP contribution in [0.15, 0.2) is 23.2 Å². The molecule has 1 aromatic rings. The number of halogens is 1. The van der Waals surface area contributed by atoms with E-state index in [4.69, 9.17) is 16.3 Å². The van der Waals surface area contributed by atoms with Crippen molar-refractivity contribution in [1.82, 2.24) is 5.32 Å². The topological polar surface area (TPSA) is 96.9 Å². The molecule has 0 bridgehead atoms. The number of sulfone groups is 1. The molecule has 0 aromatic heterocycles. The molecular formula is C15H18ClN3O4S2. The average Bonchev–Trinajstić information content (AvgIpc) is 3.02. The van der Waals surface area contributed by atoms with Crippen LogP contribution in [0.4, 0.5) is 5.69 Å². The smallest absolute Gasteiger partial charge is 0.251 e. The summed E-state index contributed by atoms with van der Waals surface area (Å²) in [4.78, 5) is 16.5. The summed E-state index contributed by atoms with van der Waals surface area (Å²) in [6.45, 7) is 0.852. The number of thioether (sulfide) groups is 1. The van der Waals surface area contributed by atoms with Gasteiger partial charge in [0.15, 0.2) is 15.0 Å². The van der Waals surface area contributed by atoms with Crippen LogP contribution in [0.2, 0.25) is 5.02 Å². The Morgan fingerprint density at radius 1 is 1.44 bits per heavy atom. The summed E-state index contributed by atoms with van der Waals surface area (Å²) in [6, 6.07) is 4.72. The first kappa shape index (κ1) is 18.5. The van der Waals surface area contributed by atoms with E-state index < -0.39 is 9.84 Å². The Bertz CT molecular complexity index is 813. The molecule has 1 fully saturated rings. The quantitative estimate of drug-likeness (QED) is 0.721. The van der Waals surface area contributed by atoms with Gasteiger partial charge in [-0.15, -0.1) is 0 Å². The zero-order valence-electron chi connectivity index (χ0n) is 13.5. The third-order valence-electron chi connectivity index (χ3n) is 3.88. The van der Waals surface area contributed by atoms with Crippen LogP contribution in [-0.4, -0.2) is 62.6 Å². The zero-order chi connectivity index (χ0) is 18.0. The van der Waals surface area contributed by atoms with Gasteiger partial charge in [0.05, 0.1) is 34.9 Å².